The fourth-order valence-corrected chi connectivity index (χ4v) is 2.43. The van der Waals surface area contributed by atoms with Gasteiger partial charge in [-0.3, -0.25) is 0 Å². The molecule has 19 heavy (non-hydrogen) atoms. The molecule has 1 rings (SSSR count). The second-order valence-electron chi connectivity index (χ2n) is 4.66. The van der Waals surface area contributed by atoms with Gasteiger partial charge in [-0.05, 0) is 19.8 Å². The van der Waals surface area contributed by atoms with Gasteiger partial charge in [0.2, 0.25) is 5.95 Å². The molecule has 0 saturated heterocycles. The van der Waals surface area contributed by atoms with Crippen molar-refractivity contribution in [2.24, 2.45) is 0 Å². The molecule has 0 unspecified atom stereocenters. The van der Waals surface area contributed by atoms with Crippen LogP contribution >= 0.6 is 0 Å². The average molecular weight is 289 g/mol. The zero-order valence-electron chi connectivity index (χ0n) is 11.8. The molecule has 0 aliphatic heterocycles. The number of hydrogen-bond donors (Lipinski definition) is 1. The van der Waals surface area contributed by atoms with Crippen molar-refractivity contribution in [3.05, 3.63) is 11.9 Å². The fourth-order valence-electron chi connectivity index (χ4n) is 1.77. The van der Waals surface area contributed by atoms with E-state index in [2.05, 4.69) is 10.3 Å². The largest absolute Gasteiger partial charge is 0.385 e. The van der Waals surface area contributed by atoms with Gasteiger partial charge in [-0.2, -0.15) is 0 Å². The molecule has 1 aromatic heterocycles. The van der Waals surface area contributed by atoms with Gasteiger partial charge in [-0.25, -0.2) is 13.4 Å². The molecule has 7 heteroatoms. The van der Waals surface area contributed by atoms with Crippen LogP contribution < -0.4 is 5.32 Å². The average Bonchev–Trinajstić information content (AvgIpc) is 2.64. The molecular formula is C12H23N3O3S. The second-order valence-corrected chi connectivity index (χ2v) is 6.92. The van der Waals surface area contributed by atoms with E-state index in [9.17, 15) is 8.42 Å². The van der Waals surface area contributed by atoms with Crippen molar-refractivity contribution in [3.63, 3.8) is 0 Å². The summed E-state index contributed by atoms with van der Waals surface area (Å²) in [6.07, 6.45) is 4.70. The van der Waals surface area contributed by atoms with Gasteiger partial charge in [-0.15, -0.1) is 0 Å². The van der Waals surface area contributed by atoms with Gasteiger partial charge in [0.15, 0.2) is 0 Å². The Balaban J connectivity index is 2.48. The zero-order chi connectivity index (χ0) is 14.3. The first kappa shape index (κ1) is 16.0. The maximum absolute atomic E-state index is 11.1. The van der Waals surface area contributed by atoms with E-state index in [0.29, 0.717) is 19.6 Å². The maximum Gasteiger partial charge on any atom is 0.203 e. The molecule has 1 heterocycles. The highest BCUT2D eigenvalue weighted by molar-refractivity contribution is 7.90. The van der Waals surface area contributed by atoms with Gasteiger partial charge in [-0.1, -0.05) is 0 Å². The van der Waals surface area contributed by atoms with Gasteiger partial charge in [0, 0.05) is 39.3 Å². The summed E-state index contributed by atoms with van der Waals surface area (Å²) in [6, 6.07) is 0. The van der Waals surface area contributed by atoms with E-state index in [4.69, 9.17) is 4.74 Å². The van der Waals surface area contributed by atoms with Crippen molar-refractivity contribution >= 4 is 15.8 Å². The molecule has 0 amide bonds. The maximum atomic E-state index is 11.1. The Labute approximate surface area is 115 Å². The van der Waals surface area contributed by atoms with Crippen LogP contribution in [-0.2, 0) is 21.1 Å². The van der Waals surface area contributed by atoms with Gasteiger partial charge >= 0.3 is 0 Å². The summed E-state index contributed by atoms with van der Waals surface area (Å²) in [7, 11) is -1.22. The Morgan fingerprint density at radius 1 is 1.42 bits per heavy atom. The number of anilines is 1. The minimum atomic E-state index is -2.90. The van der Waals surface area contributed by atoms with Crippen molar-refractivity contribution < 1.29 is 13.2 Å². The number of aromatic nitrogens is 2. The monoisotopic (exact) mass is 289 g/mol. The normalized spacial score (nSPS) is 11.7. The number of nitrogens with one attached hydrogen (secondary N) is 1. The van der Waals surface area contributed by atoms with Gasteiger partial charge < -0.3 is 14.6 Å². The van der Waals surface area contributed by atoms with Crippen molar-refractivity contribution in [1.29, 1.82) is 0 Å². The minimum absolute atomic E-state index is 0.202. The molecule has 110 valence electrons. The van der Waals surface area contributed by atoms with Crippen LogP contribution in [0.1, 0.15) is 18.5 Å². The van der Waals surface area contributed by atoms with Crippen LogP contribution in [0.25, 0.3) is 0 Å². The van der Waals surface area contributed by atoms with Crippen LogP contribution in [-0.4, -0.2) is 50.2 Å². The Morgan fingerprint density at radius 3 is 2.79 bits per heavy atom. The Morgan fingerprint density at radius 2 is 2.16 bits per heavy atom. The molecule has 1 N–H and O–H groups in total. The first-order chi connectivity index (χ1) is 8.92. The second kappa shape index (κ2) is 7.49. The van der Waals surface area contributed by atoms with E-state index < -0.39 is 9.84 Å². The van der Waals surface area contributed by atoms with E-state index in [1.54, 1.807) is 7.11 Å². The summed E-state index contributed by atoms with van der Waals surface area (Å²) in [5.74, 6) is 0.995. The van der Waals surface area contributed by atoms with Gasteiger partial charge in [0.25, 0.3) is 0 Å². The topological polar surface area (TPSA) is 73.2 Å². The molecule has 0 saturated carbocycles. The summed E-state index contributed by atoms with van der Waals surface area (Å²) in [5.41, 5.74) is 0.925. The lowest BCUT2D eigenvalue weighted by Crippen LogP contribution is -2.12. The molecule has 0 bridgehead atoms. The van der Waals surface area contributed by atoms with Crippen LogP contribution in [0.15, 0.2) is 6.20 Å². The molecule has 0 radical (unpaired) electrons. The third-order valence-electron chi connectivity index (χ3n) is 2.62. The lowest BCUT2D eigenvalue weighted by Gasteiger charge is -2.09. The third-order valence-corrected chi connectivity index (χ3v) is 3.65. The summed E-state index contributed by atoms with van der Waals surface area (Å²) >= 11 is 0. The number of ether oxygens (including phenoxy) is 1. The fraction of sp³-hybridized carbons (Fsp3) is 0.750. The molecule has 1 aromatic rings. The molecule has 6 nitrogen and oxygen atoms in total. The number of rotatable bonds is 9. The van der Waals surface area contributed by atoms with E-state index in [1.165, 1.54) is 6.26 Å². The van der Waals surface area contributed by atoms with Gasteiger partial charge in [0.05, 0.1) is 11.4 Å². The first-order valence-corrected chi connectivity index (χ1v) is 8.43. The Kier molecular flexibility index (Phi) is 6.30. The van der Waals surface area contributed by atoms with Crippen molar-refractivity contribution in [3.8, 4) is 0 Å². The van der Waals surface area contributed by atoms with E-state index in [0.717, 1.165) is 24.6 Å². The van der Waals surface area contributed by atoms with Crippen molar-refractivity contribution in [2.45, 2.75) is 26.3 Å². The van der Waals surface area contributed by atoms with Crippen LogP contribution in [0.4, 0.5) is 5.95 Å². The number of aryl methyl sites for hydroxylation is 2. The van der Waals surface area contributed by atoms with Crippen molar-refractivity contribution in [1.82, 2.24) is 9.55 Å². The third kappa shape index (κ3) is 6.58. The molecule has 0 atom stereocenters. The van der Waals surface area contributed by atoms with Crippen LogP contribution in [0, 0.1) is 6.92 Å². The summed E-state index contributed by atoms with van der Waals surface area (Å²) < 4.78 is 29.2. The molecule has 0 fully saturated rings. The molecule has 0 aliphatic rings. The highest BCUT2D eigenvalue weighted by Crippen LogP contribution is 2.09. The highest BCUT2D eigenvalue weighted by atomic mass is 32.2. The van der Waals surface area contributed by atoms with Crippen LogP contribution in [0.3, 0.4) is 0 Å². The summed E-state index contributed by atoms with van der Waals surface area (Å²) in [4.78, 5) is 4.38. The highest BCUT2D eigenvalue weighted by Gasteiger charge is 2.07. The summed E-state index contributed by atoms with van der Waals surface area (Å²) in [6.45, 7) is 4.07. The zero-order valence-corrected chi connectivity index (χ0v) is 12.7. The standard InChI is InChI=1S/C12H23N3O3S/c1-11-10-15(7-5-9-19(3,16)17)12(14-11)13-6-4-8-18-2/h10H,4-9H2,1-3H3,(H,13,14). The predicted octanol–water partition coefficient (Wildman–Crippen LogP) is 1.07. The number of sulfone groups is 1. The minimum Gasteiger partial charge on any atom is -0.385 e. The lowest BCUT2D eigenvalue weighted by molar-refractivity contribution is 0.197. The molecular weight excluding hydrogens is 266 g/mol. The summed E-state index contributed by atoms with van der Waals surface area (Å²) in [5, 5.41) is 3.24. The number of methoxy groups -OCH3 is 1. The molecule has 0 aromatic carbocycles. The lowest BCUT2D eigenvalue weighted by atomic mass is 10.4. The number of nitrogens with zero attached hydrogens (tertiary/aromatic N) is 2. The van der Waals surface area contributed by atoms with E-state index >= 15 is 0 Å². The Bertz CT molecular complexity index is 482. The predicted molar refractivity (Wildman–Crippen MR) is 76.3 cm³/mol. The quantitative estimate of drug-likeness (QED) is 0.689. The number of hydrogen-bond acceptors (Lipinski definition) is 5. The SMILES string of the molecule is COCCCNc1nc(C)cn1CCCS(C)(=O)=O. The van der Waals surface area contributed by atoms with Crippen molar-refractivity contribution in [2.75, 3.05) is 37.6 Å². The number of imidazole rings is 1. The van der Waals surface area contributed by atoms with Crippen LogP contribution in [0.2, 0.25) is 0 Å². The van der Waals surface area contributed by atoms with E-state index in [-0.39, 0.29) is 5.75 Å². The Hall–Kier alpha value is -1.08. The smallest absolute Gasteiger partial charge is 0.203 e. The van der Waals surface area contributed by atoms with Crippen LogP contribution in [0.5, 0.6) is 0 Å². The van der Waals surface area contributed by atoms with E-state index in [1.807, 2.05) is 17.7 Å². The molecule has 0 spiro atoms. The van der Waals surface area contributed by atoms with Gasteiger partial charge in [0.1, 0.15) is 9.84 Å². The molecule has 0 aliphatic carbocycles. The first-order valence-electron chi connectivity index (χ1n) is 6.36.